The minimum absolute atomic E-state index is 0.00492. The first kappa shape index (κ1) is 25.5. The first-order valence-electron chi connectivity index (χ1n) is 12.7. The van der Waals surface area contributed by atoms with Gasteiger partial charge in [0.25, 0.3) is 0 Å². The minimum atomic E-state index is -0.652. The molecular formula is C31H24FN7O2. The van der Waals surface area contributed by atoms with Crippen LogP contribution in [0.5, 0.6) is 11.5 Å². The molecule has 0 radical (unpaired) electrons. The van der Waals surface area contributed by atoms with Gasteiger partial charge < -0.3 is 10.1 Å². The van der Waals surface area contributed by atoms with Crippen LogP contribution in [0.25, 0.3) is 28.2 Å². The maximum atomic E-state index is 15.0. The zero-order valence-electron chi connectivity index (χ0n) is 21.9. The molecule has 2 amide bonds. The summed E-state index contributed by atoms with van der Waals surface area (Å²) in [6.45, 7) is 0. The molecule has 0 unspecified atom stereocenters. The van der Waals surface area contributed by atoms with Crippen molar-refractivity contribution in [2.45, 2.75) is 0 Å². The van der Waals surface area contributed by atoms with Crippen LogP contribution in [-0.2, 0) is 7.05 Å². The molecule has 3 aromatic heterocycles. The van der Waals surface area contributed by atoms with E-state index >= 15 is 4.39 Å². The highest BCUT2D eigenvalue weighted by Crippen LogP contribution is 2.29. The molecule has 0 atom stereocenters. The van der Waals surface area contributed by atoms with E-state index < -0.39 is 11.8 Å². The van der Waals surface area contributed by atoms with Gasteiger partial charge in [-0.25, -0.2) is 13.9 Å². The van der Waals surface area contributed by atoms with Crippen molar-refractivity contribution in [2.24, 2.45) is 7.05 Å². The Bertz CT molecular complexity index is 1820. The van der Waals surface area contributed by atoms with E-state index in [0.717, 1.165) is 16.8 Å². The Morgan fingerprint density at radius 3 is 2.32 bits per heavy atom. The SMILES string of the molecule is Cn1cc(-c2cc(Oc3ccc(NC(=O)Nc4cc(-c5ccccc5)nn4-c4ccccc4)c(F)c3)ccn2)cn1. The third-order valence-corrected chi connectivity index (χ3v) is 6.18. The number of urea groups is 1. The summed E-state index contributed by atoms with van der Waals surface area (Å²) in [5, 5.41) is 14.2. The number of benzene rings is 3. The molecule has 6 aromatic rings. The van der Waals surface area contributed by atoms with Crippen LogP contribution < -0.4 is 15.4 Å². The van der Waals surface area contributed by atoms with Crippen molar-refractivity contribution in [2.75, 3.05) is 10.6 Å². The molecule has 0 saturated heterocycles. The third kappa shape index (κ3) is 5.81. The number of amides is 2. The Balaban J connectivity index is 1.18. The highest BCUT2D eigenvalue weighted by atomic mass is 19.1. The number of aromatic nitrogens is 5. The zero-order valence-corrected chi connectivity index (χ0v) is 21.9. The van der Waals surface area contributed by atoms with Crippen LogP contribution in [-0.4, -0.2) is 30.6 Å². The van der Waals surface area contributed by atoms with E-state index in [0.29, 0.717) is 23.0 Å². The van der Waals surface area contributed by atoms with Gasteiger partial charge in [0.1, 0.15) is 23.1 Å². The minimum Gasteiger partial charge on any atom is -0.457 e. The lowest BCUT2D eigenvalue weighted by Crippen LogP contribution is -2.21. The van der Waals surface area contributed by atoms with Gasteiger partial charge in [0.2, 0.25) is 0 Å². The summed E-state index contributed by atoms with van der Waals surface area (Å²) in [6, 6.07) is 27.9. The molecule has 0 fully saturated rings. The smallest absolute Gasteiger partial charge is 0.324 e. The second kappa shape index (κ2) is 11.1. The van der Waals surface area contributed by atoms with E-state index in [1.54, 1.807) is 46.0 Å². The lowest BCUT2D eigenvalue weighted by molar-refractivity contribution is 0.262. The van der Waals surface area contributed by atoms with Crippen molar-refractivity contribution in [3.63, 3.8) is 0 Å². The summed E-state index contributed by atoms with van der Waals surface area (Å²) >= 11 is 0. The van der Waals surface area contributed by atoms with Gasteiger partial charge in [-0.1, -0.05) is 48.5 Å². The first-order valence-corrected chi connectivity index (χ1v) is 12.7. The molecular weight excluding hydrogens is 521 g/mol. The van der Waals surface area contributed by atoms with Crippen LogP contribution >= 0.6 is 0 Å². The van der Waals surface area contributed by atoms with Crippen molar-refractivity contribution < 1.29 is 13.9 Å². The molecule has 0 aliphatic heterocycles. The van der Waals surface area contributed by atoms with Crippen molar-refractivity contribution in [3.05, 3.63) is 121 Å². The fraction of sp³-hybridized carbons (Fsp3) is 0.0323. The first-order chi connectivity index (χ1) is 20.0. The molecule has 0 aliphatic carbocycles. The zero-order chi connectivity index (χ0) is 28.2. The van der Waals surface area contributed by atoms with E-state index in [4.69, 9.17) is 4.74 Å². The Hall–Kier alpha value is -5.77. The number of carbonyl (C=O) groups is 1. The Labute approximate surface area is 234 Å². The van der Waals surface area contributed by atoms with Gasteiger partial charge >= 0.3 is 6.03 Å². The third-order valence-electron chi connectivity index (χ3n) is 6.18. The van der Waals surface area contributed by atoms with Crippen LogP contribution in [0.3, 0.4) is 0 Å². The van der Waals surface area contributed by atoms with Gasteiger partial charge in [0.15, 0.2) is 0 Å². The van der Waals surface area contributed by atoms with Crippen molar-refractivity contribution in [1.82, 2.24) is 24.5 Å². The number of carbonyl (C=O) groups excluding carboxylic acids is 1. The molecule has 0 bridgehead atoms. The van der Waals surface area contributed by atoms with Gasteiger partial charge in [0.05, 0.1) is 29.0 Å². The molecule has 2 N–H and O–H groups in total. The number of hydrogen-bond acceptors (Lipinski definition) is 5. The predicted octanol–water partition coefficient (Wildman–Crippen LogP) is 6.91. The van der Waals surface area contributed by atoms with Gasteiger partial charge in [-0.05, 0) is 30.3 Å². The average molecular weight is 546 g/mol. The quantitative estimate of drug-likeness (QED) is 0.227. The van der Waals surface area contributed by atoms with Crippen LogP contribution in [0.1, 0.15) is 0 Å². The Kier molecular flexibility index (Phi) is 6.93. The molecule has 0 aliphatic rings. The average Bonchev–Trinajstić information content (AvgIpc) is 3.62. The molecule has 41 heavy (non-hydrogen) atoms. The Morgan fingerprint density at radius 1 is 0.829 bits per heavy atom. The topological polar surface area (TPSA) is 98.9 Å². The van der Waals surface area contributed by atoms with E-state index in [1.807, 2.05) is 73.9 Å². The molecule has 0 saturated carbocycles. The van der Waals surface area contributed by atoms with E-state index in [-0.39, 0.29) is 11.4 Å². The number of halogens is 1. The fourth-order valence-corrected chi connectivity index (χ4v) is 4.24. The molecule has 202 valence electrons. The van der Waals surface area contributed by atoms with Crippen molar-refractivity contribution in [1.29, 1.82) is 0 Å². The number of ether oxygens (including phenoxy) is 1. The van der Waals surface area contributed by atoms with Crippen LogP contribution in [0, 0.1) is 5.82 Å². The molecule has 3 heterocycles. The van der Waals surface area contributed by atoms with E-state index in [9.17, 15) is 4.79 Å². The molecule has 6 rings (SSSR count). The Morgan fingerprint density at radius 2 is 1.59 bits per heavy atom. The van der Waals surface area contributed by atoms with Gasteiger partial charge in [0, 0.05) is 48.8 Å². The lowest BCUT2D eigenvalue weighted by Gasteiger charge is -2.12. The maximum absolute atomic E-state index is 15.0. The number of nitrogens with one attached hydrogen (secondary N) is 2. The summed E-state index contributed by atoms with van der Waals surface area (Å²) in [5.41, 5.74) is 3.85. The van der Waals surface area contributed by atoms with Crippen LogP contribution in [0.2, 0.25) is 0 Å². The van der Waals surface area contributed by atoms with Gasteiger partial charge in [-0.3, -0.25) is 15.0 Å². The summed E-state index contributed by atoms with van der Waals surface area (Å²) in [5.74, 6) is 0.530. The number of para-hydroxylation sites is 1. The van der Waals surface area contributed by atoms with Crippen molar-refractivity contribution in [3.8, 4) is 39.7 Å². The fourth-order valence-electron chi connectivity index (χ4n) is 4.24. The number of hydrogen-bond donors (Lipinski definition) is 2. The molecule has 0 spiro atoms. The summed E-state index contributed by atoms with van der Waals surface area (Å²) in [6.07, 6.45) is 5.15. The summed E-state index contributed by atoms with van der Waals surface area (Å²) in [4.78, 5) is 17.3. The number of aryl methyl sites for hydroxylation is 1. The normalized spacial score (nSPS) is 10.8. The predicted molar refractivity (Wildman–Crippen MR) is 155 cm³/mol. The summed E-state index contributed by atoms with van der Waals surface area (Å²) in [7, 11) is 1.82. The number of nitrogens with zero attached hydrogens (tertiary/aromatic N) is 5. The van der Waals surface area contributed by atoms with E-state index in [2.05, 4.69) is 25.8 Å². The largest absolute Gasteiger partial charge is 0.457 e. The molecule has 9 nitrogen and oxygen atoms in total. The summed E-state index contributed by atoms with van der Waals surface area (Å²) < 4.78 is 24.2. The monoisotopic (exact) mass is 545 g/mol. The van der Waals surface area contributed by atoms with Crippen LogP contribution in [0.15, 0.2) is 116 Å². The van der Waals surface area contributed by atoms with Crippen LogP contribution in [0.4, 0.5) is 20.7 Å². The number of rotatable bonds is 7. The van der Waals surface area contributed by atoms with Gasteiger partial charge in [-0.2, -0.15) is 10.2 Å². The highest BCUT2D eigenvalue weighted by Gasteiger charge is 2.15. The standard InChI is InChI=1S/C31H24FN7O2/c1-38-20-22(19-34-38)28-17-25(14-15-33-28)41-24-12-13-27(26(32)16-24)35-31(40)36-30-18-29(21-8-4-2-5-9-21)37-39(30)23-10-6-3-7-11-23/h2-20H,1H3,(H2,35,36,40). The highest BCUT2D eigenvalue weighted by molar-refractivity contribution is 5.99. The molecule has 3 aromatic carbocycles. The molecule has 10 heteroatoms. The van der Waals surface area contributed by atoms with Gasteiger partial charge in [-0.15, -0.1) is 0 Å². The lowest BCUT2D eigenvalue weighted by atomic mass is 10.2. The number of anilines is 2. The number of pyridine rings is 1. The second-order valence-electron chi connectivity index (χ2n) is 9.13. The van der Waals surface area contributed by atoms with E-state index in [1.165, 1.54) is 12.1 Å². The van der Waals surface area contributed by atoms with Crippen molar-refractivity contribution >= 4 is 17.5 Å². The second-order valence-corrected chi connectivity index (χ2v) is 9.13. The maximum Gasteiger partial charge on any atom is 0.324 e.